The van der Waals surface area contributed by atoms with Crippen molar-refractivity contribution in [3.63, 3.8) is 0 Å². The lowest BCUT2D eigenvalue weighted by Gasteiger charge is -2.33. The molecule has 0 heterocycles. The van der Waals surface area contributed by atoms with Gasteiger partial charge in [-0.2, -0.15) is 0 Å². The largest absolute Gasteiger partial charge is 0.497 e. The van der Waals surface area contributed by atoms with Gasteiger partial charge in [0.05, 0.1) is 7.11 Å². The lowest BCUT2D eigenvalue weighted by molar-refractivity contribution is 0.219. The maximum Gasteiger partial charge on any atom is 0.119 e. The Labute approximate surface area is 139 Å². The second-order valence-corrected chi connectivity index (χ2v) is 7.76. The monoisotopic (exact) mass is 309 g/mol. The van der Waals surface area contributed by atoms with E-state index in [1.807, 2.05) is 0 Å². The van der Waals surface area contributed by atoms with E-state index in [0.717, 1.165) is 29.4 Å². The second-order valence-electron chi connectivity index (χ2n) is 7.76. The van der Waals surface area contributed by atoms with Gasteiger partial charge in [0.25, 0.3) is 0 Å². The van der Waals surface area contributed by atoms with Gasteiger partial charge in [0.2, 0.25) is 0 Å². The molecule has 23 heavy (non-hydrogen) atoms. The zero-order chi connectivity index (χ0) is 16.0. The molecule has 122 valence electrons. The van der Waals surface area contributed by atoms with Crippen molar-refractivity contribution < 1.29 is 4.74 Å². The van der Waals surface area contributed by atoms with E-state index < -0.39 is 0 Å². The Balaban J connectivity index is 1.69. The molecular weight excluding hydrogens is 282 g/mol. The number of nitrogens with zero attached hydrogens (tertiary/aromatic N) is 1. The van der Waals surface area contributed by atoms with E-state index in [1.54, 1.807) is 12.7 Å². The minimum absolute atomic E-state index is 0.752. The van der Waals surface area contributed by atoms with Gasteiger partial charge in [-0.25, -0.2) is 0 Å². The fourth-order valence-corrected chi connectivity index (χ4v) is 5.19. The van der Waals surface area contributed by atoms with Crippen LogP contribution in [-0.4, -0.2) is 32.6 Å². The summed E-state index contributed by atoms with van der Waals surface area (Å²) in [6.07, 6.45) is 4.33. The van der Waals surface area contributed by atoms with Crippen LogP contribution in [0.25, 0.3) is 10.8 Å². The summed E-state index contributed by atoms with van der Waals surface area (Å²) < 4.78 is 5.35. The Morgan fingerprint density at radius 2 is 1.74 bits per heavy atom. The molecule has 2 aliphatic carbocycles. The quantitative estimate of drug-likeness (QED) is 0.822. The van der Waals surface area contributed by atoms with Gasteiger partial charge in [0, 0.05) is 6.54 Å². The van der Waals surface area contributed by atoms with Gasteiger partial charge in [-0.3, -0.25) is 0 Å². The Morgan fingerprint density at radius 3 is 2.52 bits per heavy atom. The van der Waals surface area contributed by atoms with Crippen LogP contribution in [-0.2, 0) is 0 Å². The molecule has 0 aromatic heterocycles. The second kappa shape index (κ2) is 5.83. The first-order chi connectivity index (χ1) is 11.2. The molecule has 0 N–H and O–H groups in total. The zero-order valence-electron chi connectivity index (χ0n) is 14.5. The van der Waals surface area contributed by atoms with E-state index in [2.05, 4.69) is 55.4 Å². The molecule has 0 saturated heterocycles. The van der Waals surface area contributed by atoms with Gasteiger partial charge in [-0.15, -0.1) is 0 Å². The first-order valence-electron chi connectivity index (χ1n) is 8.88. The molecule has 2 aromatic carbocycles. The summed E-state index contributed by atoms with van der Waals surface area (Å²) in [6.45, 7) is 1.23. The smallest absolute Gasteiger partial charge is 0.119 e. The molecule has 2 aliphatic rings. The predicted molar refractivity (Wildman–Crippen MR) is 96.1 cm³/mol. The highest BCUT2D eigenvalue weighted by atomic mass is 16.5. The molecule has 2 unspecified atom stereocenters. The molecule has 4 rings (SSSR count). The molecule has 0 radical (unpaired) electrons. The molecular formula is C21H27NO. The molecule has 2 aromatic rings. The van der Waals surface area contributed by atoms with Crippen LogP contribution < -0.4 is 4.74 Å². The van der Waals surface area contributed by atoms with Gasteiger partial charge >= 0.3 is 0 Å². The minimum atomic E-state index is 0.752. The molecule has 2 fully saturated rings. The number of hydrogen-bond donors (Lipinski definition) is 0. The van der Waals surface area contributed by atoms with Crippen molar-refractivity contribution in [2.75, 3.05) is 27.7 Å². The van der Waals surface area contributed by atoms with Crippen LogP contribution in [0.4, 0.5) is 0 Å². The topological polar surface area (TPSA) is 12.5 Å². The molecule has 4 atom stereocenters. The van der Waals surface area contributed by atoms with Crippen molar-refractivity contribution >= 4 is 10.8 Å². The van der Waals surface area contributed by atoms with Crippen molar-refractivity contribution in [2.45, 2.75) is 25.2 Å². The SMILES string of the molecule is COc1ccc2cc(C3C(CN(C)C)[C@H]4CC[C@@H]3C4)ccc2c1. The average Bonchev–Trinajstić information content (AvgIpc) is 3.14. The number of ether oxygens (including phenoxy) is 1. The highest BCUT2D eigenvalue weighted by molar-refractivity contribution is 5.84. The highest BCUT2D eigenvalue weighted by Crippen LogP contribution is 2.56. The zero-order valence-corrected chi connectivity index (χ0v) is 14.5. The van der Waals surface area contributed by atoms with Crippen LogP contribution >= 0.6 is 0 Å². The van der Waals surface area contributed by atoms with Crippen molar-refractivity contribution in [3.8, 4) is 5.75 Å². The van der Waals surface area contributed by atoms with Crippen LogP contribution in [0, 0.1) is 17.8 Å². The van der Waals surface area contributed by atoms with Crippen LogP contribution in [0.1, 0.15) is 30.7 Å². The van der Waals surface area contributed by atoms with Crippen molar-refractivity contribution in [2.24, 2.45) is 17.8 Å². The van der Waals surface area contributed by atoms with E-state index in [9.17, 15) is 0 Å². The molecule has 0 spiro atoms. The number of benzene rings is 2. The number of methoxy groups -OCH3 is 1. The normalized spacial score (nSPS) is 29.6. The fourth-order valence-electron chi connectivity index (χ4n) is 5.19. The van der Waals surface area contributed by atoms with Crippen LogP contribution in [0.3, 0.4) is 0 Å². The third kappa shape index (κ3) is 2.63. The summed E-state index contributed by atoms with van der Waals surface area (Å²) in [6, 6.07) is 13.5. The summed E-state index contributed by atoms with van der Waals surface area (Å²) >= 11 is 0. The van der Waals surface area contributed by atoms with E-state index in [4.69, 9.17) is 4.74 Å². The molecule has 2 bridgehead atoms. The van der Waals surface area contributed by atoms with Crippen molar-refractivity contribution in [1.82, 2.24) is 4.90 Å². The lowest BCUT2D eigenvalue weighted by Crippen LogP contribution is -2.30. The Morgan fingerprint density at radius 1 is 1.00 bits per heavy atom. The number of hydrogen-bond acceptors (Lipinski definition) is 2. The highest BCUT2D eigenvalue weighted by Gasteiger charge is 2.47. The van der Waals surface area contributed by atoms with Gasteiger partial charge in [-0.05, 0) is 85.5 Å². The van der Waals surface area contributed by atoms with Gasteiger partial charge in [-0.1, -0.05) is 24.3 Å². The summed E-state index contributed by atoms with van der Waals surface area (Å²) in [4.78, 5) is 2.38. The van der Waals surface area contributed by atoms with Crippen LogP contribution in [0.5, 0.6) is 5.75 Å². The average molecular weight is 309 g/mol. The third-order valence-electron chi connectivity index (χ3n) is 6.12. The van der Waals surface area contributed by atoms with Gasteiger partial charge < -0.3 is 9.64 Å². The maximum absolute atomic E-state index is 5.35. The summed E-state index contributed by atoms with van der Waals surface area (Å²) in [5.74, 6) is 4.37. The fraction of sp³-hybridized carbons (Fsp3) is 0.524. The minimum Gasteiger partial charge on any atom is -0.497 e. The van der Waals surface area contributed by atoms with Crippen LogP contribution in [0.2, 0.25) is 0 Å². The molecule has 2 saturated carbocycles. The van der Waals surface area contributed by atoms with E-state index in [0.29, 0.717) is 0 Å². The number of rotatable bonds is 4. The molecule has 0 aliphatic heterocycles. The Bertz CT molecular complexity index is 708. The molecule has 0 amide bonds. The third-order valence-corrected chi connectivity index (χ3v) is 6.12. The summed E-state index contributed by atoms with van der Waals surface area (Å²) in [5, 5.41) is 2.62. The Kier molecular flexibility index (Phi) is 3.81. The molecule has 2 heteroatoms. The van der Waals surface area contributed by atoms with E-state index in [1.165, 1.54) is 36.6 Å². The van der Waals surface area contributed by atoms with Crippen molar-refractivity contribution in [3.05, 3.63) is 42.0 Å². The first-order valence-corrected chi connectivity index (χ1v) is 8.88. The van der Waals surface area contributed by atoms with E-state index in [-0.39, 0.29) is 0 Å². The van der Waals surface area contributed by atoms with Crippen LogP contribution in [0.15, 0.2) is 36.4 Å². The molecule has 2 nitrogen and oxygen atoms in total. The van der Waals surface area contributed by atoms with Crippen molar-refractivity contribution in [1.29, 1.82) is 0 Å². The number of fused-ring (bicyclic) bond motifs is 3. The lowest BCUT2D eigenvalue weighted by atomic mass is 9.75. The standard InChI is InChI=1S/C21H27NO/c1-22(2)13-20-16-5-7-18(11-16)21(20)17-6-4-15-12-19(23-3)9-8-14(15)10-17/h4,6,8-10,12,16,18,20-21H,5,7,11,13H2,1-3H3/t16-,18+,20?,21?/m0/s1. The Hall–Kier alpha value is -1.54. The predicted octanol–water partition coefficient (Wildman–Crippen LogP) is 4.54. The van der Waals surface area contributed by atoms with Gasteiger partial charge in [0.15, 0.2) is 0 Å². The van der Waals surface area contributed by atoms with E-state index >= 15 is 0 Å². The maximum atomic E-state index is 5.35. The first kappa shape index (κ1) is 15.0. The van der Waals surface area contributed by atoms with Gasteiger partial charge in [0.1, 0.15) is 5.75 Å². The summed E-state index contributed by atoms with van der Waals surface area (Å²) in [5.41, 5.74) is 1.56. The summed E-state index contributed by atoms with van der Waals surface area (Å²) in [7, 11) is 6.17.